The molecule has 0 atom stereocenters. The van der Waals surface area contributed by atoms with Crippen molar-refractivity contribution >= 4 is 65.6 Å². The van der Waals surface area contributed by atoms with Crippen LogP contribution in [0.4, 0.5) is 0 Å². The third kappa shape index (κ3) is 3.95. The van der Waals surface area contributed by atoms with Gasteiger partial charge in [-0.3, -0.25) is 0 Å². The van der Waals surface area contributed by atoms with Gasteiger partial charge < -0.3 is 13.6 Å². The van der Waals surface area contributed by atoms with Crippen molar-refractivity contribution in [1.29, 1.82) is 15.8 Å². The smallest absolute Gasteiger partial charge is 0.145 e. The van der Waals surface area contributed by atoms with Crippen molar-refractivity contribution in [2.24, 2.45) is 0 Å². The Kier molecular flexibility index (Phi) is 5.97. The second-order valence-corrected chi connectivity index (χ2v) is 12.6. The maximum atomic E-state index is 10.6. The SMILES string of the molecule is N#Cc1cc(-c2c(C#N)cc(-n3c4ccccc4c4ccccc43)cc2C#N)ccc1-n1c2ccccc2c2c3oc4ccccc4c3ccc21. The molecule has 0 saturated heterocycles. The average Bonchev–Trinajstić information content (AvgIpc) is 3.85. The van der Waals surface area contributed by atoms with Gasteiger partial charge in [-0.25, -0.2) is 0 Å². The standard InChI is InChI=1S/C45H23N5O/c46-24-28-21-27(43-29(25-47)22-31(23-30(43)26-48)49-38-13-5-1-9-32(38)33-10-2-6-14-39(33)49)17-19-37(28)50-40-15-7-3-12-36(40)44-41(50)20-18-35-34-11-4-8-16-42(34)51-45(35)44/h1-23H. The molecule has 10 aromatic rings. The van der Waals surface area contributed by atoms with E-state index in [0.29, 0.717) is 33.5 Å². The monoisotopic (exact) mass is 649 g/mol. The zero-order chi connectivity index (χ0) is 34.2. The minimum absolute atomic E-state index is 0.353. The Morgan fingerprint density at radius 1 is 0.451 bits per heavy atom. The van der Waals surface area contributed by atoms with Crippen LogP contribution in [0.1, 0.15) is 16.7 Å². The Balaban J connectivity index is 1.18. The zero-order valence-corrected chi connectivity index (χ0v) is 26.9. The molecule has 0 aliphatic rings. The van der Waals surface area contributed by atoms with Gasteiger partial charge in [0.1, 0.15) is 17.2 Å². The Morgan fingerprint density at radius 2 is 1.02 bits per heavy atom. The Morgan fingerprint density at radius 3 is 1.67 bits per heavy atom. The van der Waals surface area contributed by atoms with Gasteiger partial charge in [0.15, 0.2) is 0 Å². The summed E-state index contributed by atoms with van der Waals surface area (Å²) in [6.07, 6.45) is 0. The number of hydrogen-bond acceptors (Lipinski definition) is 4. The molecule has 0 bridgehead atoms. The Hall–Kier alpha value is -7.59. The number of fused-ring (bicyclic) bond motifs is 10. The van der Waals surface area contributed by atoms with E-state index < -0.39 is 0 Å². The minimum atomic E-state index is 0.353. The summed E-state index contributed by atoms with van der Waals surface area (Å²) >= 11 is 0. The quantitative estimate of drug-likeness (QED) is 0.190. The highest BCUT2D eigenvalue weighted by atomic mass is 16.3. The van der Waals surface area contributed by atoms with E-state index >= 15 is 0 Å². The predicted octanol–water partition coefficient (Wildman–Crippen LogP) is 11.1. The second kappa shape index (κ2) is 10.7. The molecular weight excluding hydrogens is 627 g/mol. The molecule has 0 radical (unpaired) electrons. The molecule has 6 heteroatoms. The first-order chi connectivity index (χ1) is 25.2. The van der Waals surface area contributed by atoms with Gasteiger partial charge in [0.05, 0.1) is 62.0 Å². The van der Waals surface area contributed by atoms with Crippen LogP contribution in [0.2, 0.25) is 0 Å². The van der Waals surface area contributed by atoms with Crippen molar-refractivity contribution in [3.63, 3.8) is 0 Å². The molecule has 0 amide bonds. The fraction of sp³-hybridized carbons (Fsp3) is 0. The van der Waals surface area contributed by atoms with E-state index in [1.807, 2.05) is 97.1 Å². The first-order valence-corrected chi connectivity index (χ1v) is 16.5. The molecule has 3 aromatic heterocycles. The lowest BCUT2D eigenvalue weighted by molar-refractivity contribution is 0.673. The van der Waals surface area contributed by atoms with Crippen LogP contribution >= 0.6 is 0 Å². The van der Waals surface area contributed by atoms with Gasteiger partial charge >= 0.3 is 0 Å². The lowest BCUT2D eigenvalue weighted by Crippen LogP contribution is -2.01. The summed E-state index contributed by atoms with van der Waals surface area (Å²) in [6, 6.07) is 53.0. The second-order valence-electron chi connectivity index (χ2n) is 12.6. The highest BCUT2D eigenvalue weighted by molar-refractivity contribution is 6.24. The van der Waals surface area contributed by atoms with Crippen LogP contribution < -0.4 is 0 Å². The molecule has 0 saturated carbocycles. The lowest BCUT2D eigenvalue weighted by atomic mass is 9.93. The maximum absolute atomic E-state index is 10.6. The van der Waals surface area contributed by atoms with Gasteiger partial charge in [-0.2, -0.15) is 15.8 Å². The summed E-state index contributed by atoms with van der Waals surface area (Å²) in [5, 5.41) is 37.9. The summed E-state index contributed by atoms with van der Waals surface area (Å²) in [4.78, 5) is 0. The van der Waals surface area contributed by atoms with Crippen LogP contribution in [-0.4, -0.2) is 9.13 Å². The number of hydrogen-bond donors (Lipinski definition) is 0. The number of rotatable bonds is 3. The summed E-state index contributed by atoms with van der Waals surface area (Å²) in [5.41, 5.74) is 9.12. The first kappa shape index (κ1) is 28.4. The van der Waals surface area contributed by atoms with Crippen molar-refractivity contribution in [2.45, 2.75) is 0 Å². The van der Waals surface area contributed by atoms with E-state index in [9.17, 15) is 15.8 Å². The number of nitriles is 3. The number of para-hydroxylation sites is 4. The van der Waals surface area contributed by atoms with E-state index in [0.717, 1.165) is 71.2 Å². The van der Waals surface area contributed by atoms with Crippen molar-refractivity contribution in [1.82, 2.24) is 9.13 Å². The van der Waals surface area contributed by atoms with Gasteiger partial charge in [-0.1, -0.05) is 78.9 Å². The van der Waals surface area contributed by atoms with Crippen molar-refractivity contribution in [3.05, 3.63) is 156 Å². The van der Waals surface area contributed by atoms with Gasteiger partial charge in [-0.05, 0) is 66.2 Å². The number of furan rings is 1. The molecule has 51 heavy (non-hydrogen) atoms. The Bertz CT molecular complexity index is 3160. The van der Waals surface area contributed by atoms with Crippen LogP contribution in [-0.2, 0) is 0 Å². The summed E-state index contributed by atoms with van der Waals surface area (Å²) in [7, 11) is 0. The summed E-state index contributed by atoms with van der Waals surface area (Å²) in [5.74, 6) is 0. The van der Waals surface area contributed by atoms with Crippen LogP contribution in [0, 0.1) is 34.0 Å². The number of aromatic nitrogens is 2. The maximum Gasteiger partial charge on any atom is 0.145 e. The molecule has 0 fully saturated rings. The van der Waals surface area contributed by atoms with Crippen molar-refractivity contribution < 1.29 is 4.42 Å². The third-order valence-electron chi connectivity index (χ3n) is 10.0. The molecule has 0 spiro atoms. The van der Waals surface area contributed by atoms with Crippen LogP contribution in [0.3, 0.4) is 0 Å². The average molecular weight is 650 g/mol. The molecule has 10 rings (SSSR count). The molecule has 0 aliphatic heterocycles. The topological polar surface area (TPSA) is 94.4 Å². The van der Waals surface area contributed by atoms with Gasteiger partial charge in [0, 0.05) is 38.2 Å². The van der Waals surface area contributed by atoms with E-state index in [-0.39, 0.29) is 0 Å². The molecule has 3 heterocycles. The van der Waals surface area contributed by atoms with E-state index in [1.165, 1.54) is 0 Å². The molecule has 0 aliphatic carbocycles. The minimum Gasteiger partial charge on any atom is -0.455 e. The highest BCUT2D eigenvalue weighted by Crippen LogP contribution is 2.42. The molecule has 7 aromatic carbocycles. The van der Waals surface area contributed by atoms with E-state index in [2.05, 4.69) is 63.7 Å². The molecule has 0 N–H and O–H groups in total. The summed E-state index contributed by atoms with van der Waals surface area (Å²) < 4.78 is 10.6. The largest absolute Gasteiger partial charge is 0.455 e. The van der Waals surface area contributed by atoms with Crippen molar-refractivity contribution in [2.75, 3.05) is 0 Å². The fourth-order valence-electron chi connectivity index (χ4n) is 7.91. The highest BCUT2D eigenvalue weighted by Gasteiger charge is 2.22. The normalized spacial score (nSPS) is 11.5. The van der Waals surface area contributed by atoms with Crippen LogP contribution in [0.25, 0.3) is 88.1 Å². The number of nitrogens with zero attached hydrogens (tertiary/aromatic N) is 5. The van der Waals surface area contributed by atoms with E-state index in [4.69, 9.17) is 4.42 Å². The molecule has 6 nitrogen and oxygen atoms in total. The predicted molar refractivity (Wildman–Crippen MR) is 202 cm³/mol. The van der Waals surface area contributed by atoms with Crippen LogP contribution in [0.15, 0.2) is 144 Å². The summed E-state index contributed by atoms with van der Waals surface area (Å²) in [6.45, 7) is 0. The first-order valence-electron chi connectivity index (χ1n) is 16.5. The van der Waals surface area contributed by atoms with Gasteiger partial charge in [0.25, 0.3) is 0 Å². The number of benzene rings is 7. The van der Waals surface area contributed by atoms with Gasteiger partial charge in [-0.15, -0.1) is 0 Å². The lowest BCUT2D eigenvalue weighted by Gasteiger charge is -2.15. The molecule has 234 valence electrons. The van der Waals surface area contributed by atoms with Crippen molar-refractivity contribution in [3.8, 4) is 40.7 Å². The fourth-order valence-corrected chi connectivity index (χ4v) is 7.91. The molecular formula is C45H23N5O. The third-order valence-corrected chi connectivity index (χ3v) is 10.0. The van der Waals surface area contributed by atoms with Gasteiger partial charge in [0.2, 0.25) is 0 Å². The van der Waals surface area contributed by atoms with E-state index in [1.54, 1.807) is 6.07 Å². The van der Waals surface area contributed by atoms with Crippen LogP contribution in [0.5, 0.6) is 0 Å². The zero-order valence-electron chi connectivity index (χ0n) is 26.9. The Labute approximate surface area is 291 Å². The molecule has 0 unspecified atom stereocenters.